The molecular weight excluding hydrogens is 313 g/mol. The van der Waals surface area contributed by atoms with Crippen LogP contribution in [0.2, 0.25) is 0 Å². The van der Waals surface area contributed by atoms with Gasteiger partial charge in [-0.15, -0.1) is 24.8 Å². The summed E-state index contributed by atoms with van der Waals surface area (Å²) >= 11 is 0. The Labute approximate surface area is 136 Å². The number of carbonyl (C=O) groups excluding carboxylic acids is 1. The number of carbonyl (C=O) groups is 1. The molecule has 2 aromatic rings. The van der Waals surface area contributed by atoms with Crippen LogP contribution in [-0.4, -0.2) is 40.3 Å². The summed E-state index contributed by atoms with van der Waals surface area (Å²) in [7, 11) is 1.85. The Kier molecular flexibility index (Phi) is 8.61. The van der Waals surface area contributed by atoms with Gasteiger partial charge in [-0.25, -0.2) is 4.68 Å². The molecule has 0 fully saturated rings. The molecule has 1 unspecified atom stereocenters. The van der Waals surface area contributed by atoms with Crippen LogP contribution in [-0.2, 0) is 0 Å². The highest BCUT2D eigenvalue weighted by Crippen LogP contribution is 2.06. The van der Waals surface area contributed by atoms with Crippen molar-refractivity contribution in [3.05, 3.63) is 42.5 Å². The lowest BCUT2D eigenvalue weighted by Crippen LogP contribution is -2.37. The van der Waals surface area contributed by atoms with Gasteiger partial charge < -0.3 is 10.6 Å². The highest BCUT2D eigenvalue weighted by Gasteiger charge is 2.09. The first-order valence-electron chi connectivity index (χ1n) is 6.12. The fourth-order valence-corrected chi connectivity index (χ4v) is 1.55. The third-order valence-corrected chi connectivity index (χ3v) is 2.81. The first-order valence-corrected chi connectivity index (χ1v) is 6.12. The number of nitrogens with zero attached hydrogens (tertiary/aromatic N) is 3. The van der Waals surface area contributed by atoms with E-state index in [4.69, 9.17) is 0 Å². The van der Waals surface area contributed by atoms with Gasteiger partial charge in [0.1, 0.15) is 5.69 Å². The van der Waals surface area contributed by atoms with Gasteiger partial charge in [0.15, 0.2) is 0 Å². The van der Waals surface area contributed by atoms with Crippen molar-refractivity contribution in [1.82, 2.24) is 25.4 Å². The molecule has 0 aliphatic carbocycles. The van der Waals surface area contributed by atoms with Gasteiger partial charge in [-0.3, -0.25) is 9.78 Å². The summed E-state index contributed by atoms with van der Waals surface area (Å²) in [5.41, 5.74) is 1.20. The molecule has 1 atom stereocenters. The molecule has 2 rings (SSSR count). The summed E-state index contributed by atoms with van der Waals surface area (Å²) in [6, 6.07) is 5.57. The molecule has 0 aromatic carbocycles. The second-order valence-electron chi connectivity index (χ2n) is 4.25. The highest BCUT2D eigenvalue weighted by molar-refractivity contribution is 5.92. The normalized spacial score (nSPS) is 11.0. The number of hydrogen-bond donors (Lipinski definition) is 2. The lowest BCUT2D eigenvalue weighted by Gasteiger charge is -2.11. The number of aromatic nitrogens is 3. The first kappa shape index (κ1) is 19.4. The fraction of sp³-hybridized carbons (Fsp3) is 0.308. The van der Waals surface area contributed by atoms with Crippen molar-refractivity contribution < 1.29 is 4.79 Å². The maximum atomic E-state index is 12.0. The largest absolute Gasteiger partial charge is 0.349 e. The van der Waals surface area contributed by atoms with Gasteiger partial charge >= 0.3 is 0 Å². The maximum Gasteiger partial charge on any atom is 0.270 e. The van der Waals surface area contributed by atoms with Crippen molar-refractivity contribution in [3.8, 4) is 5.69 Å². The van der Waals surface area contributed by atoms with E-state index < -0.39 is 0 Å². The average molecular weight is 332 g/mol. The lowest BCUT2D eigenvalue weighted by atomic mass is 10.3. The summed E-state index contributed by atoms with van der Waals surface area (Å²) in [6.45, 7) is 2.55. The zero-order chi connectivity index (χ0) is 13.7. The zero-order valence-electron chi connectivity index (χ0n) is 11.8. The summed E-state index contributed by atoms with van der Waals surface area (Å²) < 4.78 is 1.69. The monoisotopic (exact) mass is 331 g/mol. The second kappa shape index (κ2) is 9.33. The van der Waals surface area contributed by atoms with Crippen molar-refractivity contribution in [1.29, 1.82) is 0 Å². The van der Waals surface area contributed by atoms with Gasteiger partial charge in [0.25, 0.3) is 5.91 Å². The molecule has 0 radical (unpaired) electrons. The van der Waals surface area contributed by atoms with Crippen molar-refractivity contribution in [2.75, 3.05) is 13.6 Å². The number of rotatable bonds is 5. The minimum Gasteiger partial charge on any atom is -0.349 e. The quantitative estimate of drug-likeness (QED) is 0.869. The van der Waals surface area contributed by atoms with Gasteiger partial charge in [-0.05, 0) is 32.2 Å². The van der Waals surface area contributed by atoms with E-state index in [2.05, 4.69) is 20.7 Å². The van der Waals surface area contributed by atoms with Crippen LogP contribution in [0, 0.1) is 0 Å². The molecule has 8 heteroatoms. The third-order valence-electron chi connectivity index (χ3n) is 2.81. The van der Waals surface area contributed by atoms with Crippen LogP contribution in [0.3, 0.4) is 0 Å². The van der Waals surface area contributed by atoms with Crippen LogP contribution in [0.1, 0.15) is 17.4 Å². The van der Waals surface area contributed by atoms with Crippen LogP contribution in [0.5, 0.6) is 0 Å². The minimum atomic E-state index is -0.184. The van der Waals surface area contributed by atoms with E-state index in [0.717, 1.165) is 5.69 Å². The highest BCUT2D eigenvalue weighted by atomic mass is 35.5. The predicted octanol–water partition coefficient (Wildman–Crippen LogP) is 1.45. The SMILES string of the molecule is CNC(C)CNC(=O)c1cc(-n2cccn2)ccn1.Cl.Cl. The van der Waals surface area contributed by atoms with Gasteiger partial charge in [-0.1, -0.05) is 0 Å². The van der Waals surface area contributed by atoms with Crippen LogP contribution in [0.15, 0.2) is 36.8 Å². The molecule has 1 amide bonds. The van der Waals surface area contributed by atoms with Crippen molar-refractivity contribution in [2.24, 2.45) is 0 Å². The van der Waals surface area contributed by atoms with Crippen molar-refractivity contribution in [2.45, 2.75) is 13.0 Å². The molecule has 2 aromatic heterocycles. The molecule has 0 saturated heterocycles. The van der Waals surface area contributed by atoms with E-state index in [-0.39, 0.29) is 36.8 Å². The molecule has 0 aliphatic rings. The minimum absolute atomic E-state index is 0. The number of pyridine rings is 1. The second-order valence-corrected chi connectivity index (χ2v) is 4.25. The molecular formula is C13H19Cl2N5O. The number of likely N-dealkylation sites (N-methyl/N-ethyl adjacent to an activating group) is 1. The maximum absolute atomic E-state index is 12.0. The van der Waals surface area contributed by atoms with Crippen LogP contribution >= 0.6 is 24.8 Å². The van der Waals surface area contributed by atoms with Crippen LogP contribution in [0.4, 0.5) is 0 Å². The molecule has 0 bridgehead atoms. The summed E-state index contributed by atoms with van der Waals surface area (Å²) in [5.74, 6) is -0.184. The molecule has 0 saturated carbocycles. The first-order chi connectivity index (χ1) is 9.20. The van der Waals surface area contributed by atoms with E-state index in [1.54, 1.807) is 29.2 Å². The van der Waals surface area contributed by atoms with E-state index in [1.807, 2.05) is 26.2 Å². The lowest BCUT2D eigenvalue weighted by molar-refractivity contribution is 0.0945. The van der Waals surface area contributed by atoms with Gasteiger partial charge in [0, 0.05) is 31.2 Å². The summed E-state index contributed by atoms with van der Waals surface area (Å²) in [4.78, 5) is 16.0. The molecule has 2 heterocycles. The van der Waals surface area contributed by atoms with Crippen LogP contribution < -0.4 is 10.6 Å². The van der Waals surface area contributed by atoms with E-state index in [1.165, 1.54) is 0 Å². The number of amides is 1. The summed E-state index contributed by atoms with van der Waals surface area (Å²) in [5, 5.41) is 10.0. The predicted molar refractivity (Wildman–Crippen MR) is 86.7 cm³/mol. The summed E-state index contributed by atoms with van der Waals surface area (Å²) in [6.07, 6.45) is 5.11. The third kappa shape index (κ3) is 5.34. The molecule has 2 N–H and O–H groups in total. The standard InChI is InChI=1S/C13H17N5O.2ClH/c1-10(14-2)9-16-13(19)12-8-11(4-6-15-12)18-7-3-5-17-18;;/h3-8,10,14H,9H2,1-2H3,(H,16,19);2*1H. The smallest absolute Gasteiger partial charge is 0.270 e. The zero-order valence-corrected chi connectivity index (χ0v) is 13.4. The van der Waals surface area contributed by atoms with Crippen molar-refractivity contribution in [3.63, 3.8) is 0 Å². The number of hydrogen-bond acceptors (Lipinski definition) is 4. The average Bonchev–Trinajstić information content (AvgIpc) is 2.98. The Morgan fingerprint density at radius 3 is 2.76 bits per heavy atom. The molecule has 6 nitrogen and oxygen atoms in total. The molecule has 116 valence electrons. The Balaban J connectivity index is 0.00000200. The molecule has 21 heavy (non-hydrogen) atoms. The van der Waals surface area contributed by atoms with Crippen LogP contribution in [0.25, 0.3) is 5.69 Å². The Bertz CT molecular complexity index is 547. The van der Waals surface area contributed by atoms with E-state index in [9.17, 15) is 4.79 Å². The molecule has 0 aliphatic heterocycles. The Hall–Kier alpha value is -1.63. The van der Waals surface area contributed by atoms with Gasteiger partial charge in [0.05, 0.1) is 5.69 Å². The Morgan fingerprint density at radius 2 is 2.14 bits per heavy atom. The van der Waals surface area contributed by atoms with Gasteiger partial charge in [0.2, 0.25) is 0 Å². The topological polar surface area (TPSA) is 71.8 Å². The number of halogens is 2. The molecule has 0 spiro atoms. The van der Waals surface area contributed by atoms with E-state index >= 15 is 0 Å². The van der Waals surface area contributed by atoms with Crippen molar-refractivity contribution >= 4 is 30.7 Å². The Morgan fingerprint density at radius 1 is 1.38 bits per heavy atom. The van der Waals surface area contributed by atoms with E-state index in [0.29, 0.717) is 12.2 Å². The van der Waals surface area contributed by atoms with Gasteiger partial charge in [-0.2, -0.15) is 5.10 Å². The number of nitrogens with one attached hydrogen (secondary N) is 2. The fourth-order valence-electron chi connectivity index (χ4n) is 1.55.